The van der Waals surface area contributed by atoms with Crippen molar-refractivity contribution in [3.63, 3.8) is 0 Å². The Balaban J connectivity index is 1.53. The Bertz CT molecular complexity index is 754. The first-order chi connectivity index (χ1) is 11.6. The standard InChI is InChI=1S/C19H20N2O3/c1-13-4-2-7-17(10-13)24-12-18(22)20-15-5-3-6-16(11-15)21-19(23)14-8-9-14/h2-7,10-11,14H,8-9,12H2,1H3,(H,20,22)(H,21,23). The third kappa shape index (κ3) is 4.59. The number of rotatable bonds is 6. The molecule has 0 radical (unpaired) electrons. The van der Waals surface area contributed by atoms with Gasteiger partial charge in [-0.05, 0) is 55.7 Å². The molecule has 3 rings (SSSR count). The Morgan fingerprint density at radius 2 is 1.75 bits per heavy atom. The second-order valence-corrected chi connectivity index (χ2v) is 6.00. The topological polar surface area (TPSA) is 67.4 Å². The Labute approximate surface area is 141 Å². The van der Waals surface area contributed by atoms with Gasteiger partial charge in [-0.1, -0.05) is 18.2 Å². The van der Waals surface area contributed by atoms with Crippen LogP contribution in [0.1, 0.15) is 18.4 Å². The van der Waals surface area contributed by atoms with E-state index in [0.29, 0.717) is 17.1 Å². The van der Waals surface area contributed by atoms with Gasteiger partial charge in [0, 0.05) is 17.3 Å². The quantitative estimate of drug-likeness (QED) is 0.856. The second kappa shape index (κ2) is 7.17. The number of nitrogens with one attached hydrogen (secondary N) is 2. The van der Waals surface area contributed by atoms with Crippen molar-refractivity contribution in [2.45, 2.75) is 19.8 Å². The molecule has 0 aromatic heterocycles. The number of aryl methyl sites for hydroxylation is 1. The molecular weight excluding hydrogens is 304 g/mol. The van der Waals surface area contributed by atoms with Gasteiger partial charge in [-0.15, -0.1) is 0 Å². The summed E-state index contributed by atoms with van der Waals surface area (Å²) in [7, 11) is 0. The summed E-state index contributed by atoms with van der Waals surface area (Å²) in [5, 5.41) is 5.63. The number of anilines is 2. The van der Waals surface area contributed by atoms with Gasteiger partial charge < -0.3 is 15.4 Å². The van der Waals surface area contributed by atoms with Gasteiger partial charge in [0.1, 0.15) is 5.75 Å². The van der Waals surface area contributed by atoms with Crippen LogP contribution in [0.5, 0.6) is 5.75 Å². The third-order valence-electron chi connectivity index (χ3n) is 3.72. The van der Waals surface area contributed by atoms with Gasteiger partial charge in [-0.2, -0.15) is 0 Å². The van der Waals surface area contributed by atoms with Gasteiger partial charge in [0.05, 0.1) is 0 Å². The van der Waals surface area contributed by atoms with Crippen molar-refractivity contribution in [2.75, 3.05) is 17.2 Å². The molecule has 1 aliphatic rings. The number of benzene rings is 2. The molecule has 2 aromatic carbocycles. The minimum Gasteiger partial charge on any atom is -0.484 e. The molecule has 0 spiro atoms. The van der Waals surface area contributed by atoms with E-state index in [9.17, 15) is 9.59 Å². The van der Waals surface area contributed by atoms with Gasteiger partial charge >= 0.3 is 0 Å². The molecule has 2 amide bonds. The van der Waals surface area contributed by atoms with Crippen molar-refractivity contribution in [1.29, 1.82) is 0 Å². The number of ether oxygens (including phenoxy) is 1. The molecule has 0 heterocycles. The first-order valence-corrected chi connectivity index (χ1v) is 8.00. The van der Waals surface area contributed by atoms with Crippen molar-refractivity contribution in [3.05, 3.63) is 54.1 Å². The van der Waals surface area contributed by atoms with Crippen LogP contribution in [0.3, 0.4) is 0 Å². The lowest BCUT2D eigenvalue weighted by Crippen LogP contribution is -2.20. The molecule has 2 N–H and O–H groups in total. The lowest BCUT2D eigenvalue weighted by atomic mass is 10.2. The van der Waals surface area contributed by atoms with E-state index in [4.69, 9.17) is 4.74 Å². The van der Waals surface area contributed by atoms with E-state index >= 15 is 0 Å². The zero-order chi connectivity index (χ0) is 16.9. The monoisotopic (exact) mass is 324 g/mol. The number of amides is 2. The SMILES string of the molecule is Cc1cccc(OCC(=O)Nc2cccc(NC(=O)C3CC3)c2)c1. The summed E-state index contributed by atoms with van der Waals surface area (Å²) in [6, 6.07) is 14.7. The summed E-state index contributed by atoms with van der Waals surface area (Å²) in [5.74, 6) is 0.602. The van der Waals surface area contributed by atoms with Crippen LogP contribution in [-0.2, 0) is 9.59 Å². The minimum absolute atomic E-state index is 0.0428. The van der Waals surface area contributed by atoms with Crippen LogP contribution in [0.2, 0.25) is 0 Å². The maximum atomic E-state index is 12.0. The Morgan fingerprint density at radius 1 is 1.04 bits per heavy atom. The van der Waals surface area contributed by atoms with E-state index < -0.39 is 0 Å². The predicted octanol–water partition coefficient (Wildman–Crippen LogP) is 3.36. The van der Waals surface area contributed by atoms with Crippen molar-refractivity contribution in [3.8, 4) is 5.75 Å². The van der Waals surface area contributed by atoms with Crippen molar-refractivity contribution in [1.82, 2.24) is 0 Å². The van der Waals surface area contributed by atoms with E-state index in [-0.39, 0.29) is 24.3 Å². The summed E-state index contributed by atoms with van der Waals surface area (Å²) >= 11 is 0. The summed E-state index contributed by atoms with van der Waals surface area (Å²) in [4.78, 5) is 23.8. The highest BCUT2D eigenvalue weighted by Gasteiger charge is 2.29. The van der Waals surface area contributed by atoms with Crippen LogP contribution in [0.15, 0.2) is 48.5 Å². The smallest absolute Gasteiger partial charge is 0.262 e. The number of carbonyl (C=O) groups is 2. The molecule has 24 heavy (non-hydrogen) atoms. The van der Waals surface area contributed by atoms with Crippen LogP contribution in [0.25, 0.3) is 0 Å². The molecule has 1 aliphatic carbocycles. The Hall–Kier alpha value is -2.82. The van der Waals surface area contributed by atoms with Crippen LogP contribution in [-0.4, -0.2) is 18.4 Å². The molecule has 1 fully saturated rings. The molecule has 2 aromatic rings. The Kier molecular flexibility index (Phi) is 4.79. The van der Waals surface area contributed by atoms with E-state index in [1.165, 1.54) is 0 Å². The average molecular weight is 324 g/mol. The van der Waals surface area contributed by atoms with Gasteiger partial charge in [0.25, 0.3) is 5.91 Å². The largest absolute Gasteiger partial charge is 0.484 e. The lowest BCUT2D eigenvalue weighted by molar-refractivity contribution is -0.118. The van der Waals surface area contributed by atoms with Crippen molar-refractivity contribution in [2.24, 2.45) is 5.92 Å². The van der Waals surface area contributed by atoms with E-state index in [0.717, 1.165) is 18.4 Å². The fraction of sp³-hybridized carbons (Fsp3) is 0.263. The van der Waals surface area contributed by atoms with Crippen molar-refractivity contribution >= 4 is 23.2 Å². The Morgan fingerprint density at radius 3 is 2.46 bits per heavy atom. The number of hydrogen-bond acceptors (Lipinski definition) is 3. The highest BCUT2D eigenvalue weighted by atomic mass is 16.5. The molecule has 0 saturated heterocycles. The fourth-order valence-corrected chi connectivity index (χ4v) is 2.32. The average Bonchev–Trinajstić information content (AvgIpc) is 3.38. The van der Waals surface area contributed by atoms with Gasteiger partial charge in [-0.3, -0.25) is 9.59 Å². The third-order valence-corrected chi connectivity index (χ3v) is 3.72. The first kappa shape index (κ1) is 16.1. The fourth-order valence-electron chi connectivity index (χ4n) is 2.32. The maximum Gasteiger partial charge on any atom is 0.262 e. The second-order valence-electron chi connectivity index (χ2n) is 6.00. The number of carbonyl (C=O) groups excluding carboxylic acids is 2. The number of hydrogen-bond donors (Lipinski definition) is 2. The summed E-state index contributed by atoms with van der Waals surface area (Å²) in [6.45, 7) is 1.90. The highest BCUT2D eigenvalue weighted by molar-refractivity contribution is 5.96. The minimum atomic E-state index is -0.248. The summed E-state index contributed by atoms with van der Waals surface area (Å²) in [5.41, 5.74) is 2.39. The van der Waals surface area contributed by atoms with Crippen LogP contribution < -0.4 is 15.4 Å². The van der Waals surface area contributed by atoms with E-state index in [2.05, 4.69) is 10.6 Å². The lowest BCUT2D eigenvalue weighted by Gasteiger charge is -2.10. The van der Waals surface area contributed by atoms with E-state index in [1.807, 2.05) is 31.2 Å². The normalized spacial score (nSPS) is 13.2. The van der Waals surface area contributed by atoms with Gasteiger partial charge in [0.2, 0.25) is 5.91 Å². The molecule has 0 aliphatic heterocycles. The highest BCUT2D eigenvalue weighted by Crippen LogP contribution is 2.30. The molecule has 124 valence electrons. The molecule has 0 atom stereocenters. The molecule has 5 nitrogen and oxygen atoms in total. The molecule has 0 bridgehead atoms. The molecule has 0 unspecified atom stereocenters. The molecular formula is C19H20N2O3. The van der Waals surface area contributed by atoms with Crippen LogP contribution in [0, 0.1) is 12.8 Å². The summed E-state index contributed by atoms with van der Waals surface area (Å²) < 4.78 is 5.47. The van der Waals surface area contributed by atoms with E-state index in [1.54, 1.807) is 24.3 Å². The zero-order valence-electron chi connectivity index (χ0n) is 13.5. The summed E-state index contributed by atoms with van der Waals surface area (Å²) in [6.07, 6.45) is 1.91. The van der Waals surface area contributed by atoms with Gasteiger partial charge in [-0.25, -0.2) is 0 Å². The van der Waals surface area contributed by atoms with Crippen LogP contribution in [0.4, 0.5) is 11.4 Å². The predicted molar refractivity (Wildman–Crippen MR) is 93.1 cm³/mol. The first-order valence-electron chi connectivity index (χ1n) is 8.00. The van der Waals surface area contributed by atoms with Crippen molar-refractivity contribution < 1.29 is 14.3 Å². The molecule has 5 heteroatoms. The molecule has 1 saturated carbocycles. The zero-order valence-corrected chi connectivity index (χ0v) is 13.5. The van der Waals surface area contributed by atoms with Gasteiger partial charge in [0.15, 0.2) is 6.61 Å². The van der Waals surface area contributed by atoms with Crippen LogP contribution >= 0.6 is 0 Å². The maximum absolute atomic E-state index is 12.0.